The molecule has 0 N–H and O–H groups in total. The third-order valence-electron chi connectivity index (χ3n) is 4.35. The van der Waals surface area contributed by atoms with Crippen LogP contribution in [0.25, 0.3) is 0 Å². The van der Waals surface area contributed by atoms with Gasteiger partial charge in [-0.3, -0.25) is 4.79 Å². The summed E-state index contributed by atoms with van der Waals surface area (Å²) in [7, 11) is 0. The highest BCUT2D eigenvalue weighted by molar-refractivity contribution is 5.82. The average Bonchev–Trinajstić information content (AvgIpc) is 2.92. The number of nitrogens with zero attached hydrogens (tertiary/aromatic N) is 1. The van der Waals surface area contributed by atoms with Crippen molar-refractivity contribution in [2.75, 3.05) is 6.54 Å². The molecule has 0 aliphatic carbocycles. The van der Waals surface area contributed by atoms with Gasteiger partial charge in [-0.1, -0.05) is 31.5 Å². The van der Waals surface area contributed by atoms with Crippen molar-refractivity contribution in [3.05, 3.63) is 30.3 Å². The molecule has 0 radical (unpaired) electrons. The second-order valence-electron chi connectivity index (χ2n) is 5.95. The lowest BCUT2D eigenvalue weighted by Gasteiger charge is -2.41. The summed E-state index contributed by atoms with van der Waals surface area (Å²) >= 11 is 0. The number of likely N-dealkylation sites (tertiary alicyclic amines) is 1. The summed E-state index contributed by atoms with van der Waals surface area (Å²) in [5.74, 6) is -0.127. The molecule has 1 fully saturated rings. The van der Waals surface area contributed by atoms with E-state index in [1.807, 2.05) is 0 Å². The molecular formula is C17H22F3NO2. The maximum atomic E-state index is 13.7. The van der Waals surface area contributed by atoms with Crippen LogP contribution in [0, 0.1) is 0 Å². The molecule has 0 saturated carbocycles. The Bertz CT molecular complexity index is 532. The van der Waals surface area contributed by atoms with Crippen molar-refractivity contribution in [1.29, 1.82) is 0 Å². The molecule has 1 aliphatic rings. The minimum atomic E-state index is -4.43. The highest BCUT2D eigenvalue weighted by atomic mass is 19.4. The number of hydrogen-bond donors (Lipinski definition) is 0. The van der Waals surface area contributed by atoms with E-state index in [1.54, 1.807) is 37.3 Å². The Morgan fingerprint density at radius 3 is 2.57 bits per heavy atom. The lowest BCUT2D eigenvalue weighted by molar-refractivity contribution is -0.227. The van der Waals surface area contributed by atoms with Crippen molar-refractivity contribution in [2.24, 2.45) is 0 Å². The summed E-state index contributed by atoms with van der Waals surface area (Å²) in [6.07, 6.45) is -4.74. The largest absolute Gasteiger partial charge is 0.481 e. The molecule has 0 spiro atoms. The zero-order valence-corrected chi connectivity index (χ0v) is 13.4. The molecule has 2 rings (SSSR count). The van der Waals surface area contributed by atoms with Crippen LogP contribution in [0.3, 0.4) is 0 Å². The summed E-state index contributed by atoms with van der Waals surface area (Å²) in [5.41, 5.74) is -2.05. The number of benzene rings is 1. The minimum Gasteiger partial charge on any atom is -0.481 e. The Balaban J connectivity index is 2.19. The quantitative estimate of drug-likeness (QED) is 0.811. The molecule has 1 heterocycles. The Labute approximate surface area is 134 Å². The topological polar surface area (TPSA) is 29.5 Å². The van der Waals surface area contributed by atoms with Crippen LogP contribution >= 0.6 is 0 Å². The molecule has 128 valence electrons. The number of hydrogen-bond acceptors (Lipinski definition) is 2. The van der Waals surface area contributed by atoms with Crippen LogP contribution in [-0.4, -0.2) is 35.2 Å². The highest BCUT2D eigenvalue weighted by Crippen LogP contribution is 2.46. The SMILES string of the molecule is CCC[C@]1(C(F)(F)F)CCCN1C(=O)[C@@H](C)Oc1ccccc1. The number of rotatable bonds is 5. The summed E-state index contributed by atoms with van der Waals surface area (Å²) in [6.45, 7) is 3.33. The number of para-hydroxylation sites is 1. The summed E-state index contributed by atoms with van der Waals surface area (Å²) in [5, 5.41) is 0. The first-order valence-electron chi connectivity index (χ1n) is 7.92. The van der Waals surface area contributed by atoms with E-state index in [9.17, 15) is 18.0 Å². The maximum absolute atomic E-state index is 13.7. The molecular weight excluding hydrogens is 307 g/mol. The van der Waals surface area contributed by atoms with Crippen molar-refractivity contribution in [2.45, 2.75) is 57.3 Å². The van der Waals surface area contributed by atoms with Gasteiger partial charge < -0.3 is 9.64 Å². The number of ether oxygens (including phenoxy) is 1. The second kappa shape index (κ2) is 6.81. The third kappa shape index (κ3) is 3.46. The molecule has 1 saturated heterocycles. The van der Waals surface area contributed by atoms with Gasteiger partial charge in [-0.05, 0) is 38.3 Å². The number of carbonyl (C=O) groups excluding carboxylic acids is 1. The van der Waals surface area contributed by atoms with Crippen molar-refractivity contribution < 1.29 is 22.7 Å². The molecule has 2 atom stereocenters. The van der Waals surface area contributed by atoms with Crippen LogP contribution in [0.1, 0.15) is 39.5 Å². The fraction of sp³-hybridized carbons (Fsp3) is 0.588. The summed E-state index contributed by atoms with van der Waals surface area (Å²) in [4.78, 5) is 13.6. The first kappa shape index (κ1) is 17.6. The molecule has 6 heteroatoms. The van der Waals surface area contributed by atoms with E-state index in [2.05, 4.69) is 0 Å². The van der Waals surface area contributed by atoms with Crippen LogP contribution in [0.5, 0.6) is 5.75 Å². The smallest absolute Gasteiger partial charge is 0.411 e. The first-order valence-corrected chi connectivity index (χ1v) is 7.92. The van der Waals surface area contributed by atoms with Gasteiger partial charge in [-0.25, -0.2) is 0 Å². The lowest BCUT2D eigenvalue weighted by atomic mass is 9.89. The Hall–Kier alpha value is -1.72. The third-order valence-corrected chi connectivity index (χ3v) is 4.35. The number of carbonyl (C=O) groups is 1. The predicted molar refractivity (Wildman–Crippen MR) is 81.2 cm³/mol. The average molecular weight is 329 g/mol. The van der Waals surface area contributed by atoms with E-state index in [0.717, 1.165) is 4.90 Å². The summed E-state index contributed by atoms with van der Waals surface area (Å²) in [6, 6.07) is 8.66. The van der Waals surface area contributed by atoms with E-state index < -0.39 is 23.7 Å². The lowest BCUT2D eigenvalue weighted by Crippen LogP contribution is -2.59. The van der Waals surface area contributed by atoms with E-state index in [4.69, 9.17) is 4.74 Å². The van der Waals surface area contributed by atoms with Gasteiger partial charge in [0.2, 0.25) is 0 Å². The Morgan fingerprint density at radius 2 is 2.00 bits per heavy atom. The number of amides is 1. The monoisotopic (exact) mass is 329 g/mol. The zero-order chi connectivity index (χ0) is 17.1. The molecule has 1 aromatic rings. The van der Waals surface area contributed by atoms with Crippen LogP contribution in [0.2, 0.25) is 0 Å². The molecule has 1 aliphatic heterocycles. The Kier molecular flexibility index (Phi) is 5.22. The van der Waals surface area contributed by atoms with Crippen molar-refractivity contribution in [1.82, 2.24) is 4.90 Å². The van der Waals surface area contributed by atoms with Gasteiger partial charge in [0, 0.05) is 6.54 Å². The predicted octanol–water partition coefficient (Wildman–Crippen LogP) is 4.18. The first-order chi connectivity index (χ1) is 10.8. The molecule has 23 heavy (non-hydrogen) atoms. The van der Waals surface area contributed by atoms with Crippen LogP contribution in [-0.2, 0) is 4.79 Å². The fourth-order valence-corrected chi connectivity index (χ4v) is 3.28. The fourth-order valence-electron chi connectivity index (χ4n) is 3.28. The molecule has 0 unspecified atom stereocenters. The highest BCUT2D eigenvalue weighted by Gasteiger charge is 2.61. The molecule has 3 nitrogen and oxygen atoms in total. The second-order valence-corrected chi connectivity index (χ2v) is 5.95. The number of alkyl halides is 3. The summed E-state index contributed by atoms with van der Waals surface area (Å²) < 4.78 is 46.5. The van der Waals surface area contributed by atoms with E-state index >= 15 is 0 Å². The molecule has 1 amide bonds. The van der Waals surface area contributed by atoms with Crippen LogP contribution in [0.15, 0.2) is 30.3 Å². The van der Waals surface area contributed by atoms with Crippen molar-refractivity contribution in [3.8, 4) is 5.75 Å². The van der Waals surface area contributed by atoms with Gasteiger partial charge in [0.1, 0.15) is 11.3 Å². The van der Waals surface area contributed by atoms with Crippen molar-refractivity contribution in [3.63, 3.8) is 0 Å². The Morgan fingerprint density at radius 1 is 1.35 bits per heavy atom. The van der Waals surface area contributed by atoms with Gasteiger partial charge >= 0.3 is 6.18 Å². The van der Waals surface area contributed by atoms with E-state index in [1.165, 1.54) is 6.92 Å². The molecule has 0 bridgehead atoms. The van der Waals surface area contributed by atoms with Gasteiger partial charge in [0.15, 0.2) is 6.10 Å². The normalized spacial score (nSPS) is 22.9. The van der Waals surface area contributed by atoms with Crippen LogP contribution in [0.4, 0.5) is 13.2 Å². The maximum Gasteiger partial charge on any atom is 0.411 e. The van der Waals surface area contributed by atoms with Gasteiger partial charge in [0.05, 0.1) is 0 Å². The number of halogens is 3. The van der Waals surface area contributed by atoms with Gasteiger partial charge in [-0.15, -0.1) is 0 Å². The van der Waals surface area contributed by atoms with E-state index in [-0.39, 0.29) is 19.4 Å². The van der Waals surface area contributed by atoms with E-state index in [0.29, 0.717) is 18.6 Å². The molecule has 0 aromatic heterocycles. The van der Waals surface area contributed by atoms with Gasteiger partial charge in [-0.2, -0.15) is 13.2 Å². The minimum absolute atomic E-state index is 0.0336. The van der Waals surface area contributed by atoms with Crippen molar-refractivity contribution >= 4 is 5.91 Å². The zero-order valence-electron chi connectivity index (χ0n) is 13.4. The van der Waals surface area contributed by atoms with Gasteiger partial charge in [0.25, 0.3) is 5.91 Å². The standard InChI is InChI=1S/C17H22F3NO2/c1-3-10-16(17(18,19)20)11-7-12-21(16)15(22)13(2)23-14-8-5-4-6-9-14/h4-6,8-9,13H,3,7,10-12H2,1-2H3/t13-,16-/m1/s1. The molecule has 1 aromatic carbocycles. The van der Waals surface area contributed by atoms with Crippen LogP contribution < -0.4 is 4.74 Å².